The van der Waals surface area contributed by atoms with Gasteiger partial charge in [-0.25, -0.2) is 0 Å². The zero-order valence-corrected chi connectivity index (χ0v) is 13.1. The van der Waals surface area contributed by atoms with Crippen molar-refractivity contribution in [2.75, 3.05) is 20.8 Å². The first kappa shape index (κ1) is 15.6. The van der Waals surface area contributed by atoms with Crippen LogP contribution >= 0.6 is 11.6 Å². The minimum atomic E-state index is 0.334. The third kappa shape index (κ3) is 3.87. The number of halogens is 1. The molecule has 3 nitrogen and oxygen atoms in total. The molecule has 0 atom stereocenters. The maximum atomic E-state index is 9.19. The van der Waals surface area contributed by atoms with E-state index in [0.29, 0.717) is 18.6 Å². The highest BCUT2D eigenvalue weighted by Crippen LogP contribution is 2.29. The first-order valence-corrected chi connectivity index (χ1v) is 7.65. The molecule has 0 spiro atoms. The highest BCUT2D eigenvalue weighted by Gasteiger charge is 2.23. The molecule has 1 aromatic rings. The summed E-state index contributed by atoms with van der Waals surface area (Å²) < 4.78 is 5.17. The van der Waals surface area contributed by atoms with E-state index in [1.807, 2.05) is 18.2 Å². The molecule has 1 saturated carbocycles. The zero-order chi connectivity index (χ0) is 14.5. The molecule has 1 aliphatic rings. The molecule has 1 aliphatic carbocycles. The van der Waals surface area contributed by atoms with Crippen LogP contribution in [0, 0.1) is 5.92 Å². The van der Waals surface area contributed by atoms with E-state index in [0.717, 1.165) is 48.6 Å². The normalized spacial score (nSPS) is 23.1. The van der Waals surface area contributed by atoms with Crippen LogP contribution in [0.2, 0.25) is 5.02 Å². The lowest BCUT2D eigenvalue weighted by molar-refractivity contribution is 0.124. The van der Waals surface area contributed by atoms with Gasteiger partial charge < -0.3 is 9.84 Å². The van der Waals surface area contributed by atoms with E-state index in [1.54, 1.807) is 7.11 Å². The van der Waals surface area contributed by atoms with Crippen molar-refractivity contribution in [1.82, 2.24) is 4.90 Å². The number of nitrogens with zero attached hydrogens (tertiary/aromatic N) is 1. The predicted octanol–water partition coefficient (Wildman–Crippen LogP) is 3.33. The van der Waals surface area contributed by atoms with Crippen LogP contribution < -0.4 is 4.74 Å². The molecule has 0 radical (unpaired) electrons. The average Bonchev–Trinajstić information content (AvgIpc) is 2.49. The summed E-state index contributed by atoms with van der Waals surface area (Å²) >= 11 is 6.30. The van der Waals surface area contributed by atoms with Gasteiger partial charge in [0.2, 0.25) is 0 Å². The Labute approximate surface area is 126 Å². The summed E-state index contributed by atoms with van der Waals surface area (Å²) in [6, 6.07) is 6.46. The molecule has 0 unspecified atom stereocenters. The SMILES string of the molecule is COc1ccc(CN(C)C2CCC(CO)CC2)c(Cl)c1. The largest absolute Gasteiger partial charge is 0.497 e. The van der Waals surface area contributed by atoms with Crippen LogP contribution in [0.4, 0.5) is 0 Å². The van der Waals surface area contributed by atoms with Gasteiger partial charge in [-0.05, 0) is 56.3 Å². The van der Waals surface area contributed by atoms with Gasteiger partial charge >= 0.3 is 0 Å². The lowest BCUT2D eigenvalue weighted by Crippen LogP contribution is -2.35. The second kappa shape index (κ2) is 7.30. The molecule has 0 aromatic heterocycles. The van der Waals surface area contributed by atoms with Crippen LogP contribution in [0.15, 0.2) is 18.2 Å². The fraction of sp³-hybridized carbons (Fsp3) is 0.625. The van der Waals surface area contributed by atoms with Crippen LogP contribution in [0.3, 0.4) is 0 Å². The quantitative estimate of drug-likeness (QED) is 0.905. The van der Waals surface area contributed by atoms with Gasteiger partial charge in [0.05, 0.1) is 7.11 Å². The van der Waals surface area contributed by atoms with Crippen LogP contribution in [-0.2, 0) is 6.54 Å². The van der Waals surface area contributed by atoms with Crippen molar-refractivity contribution in [2.24, 2.45) is 5.92 Å². The molecular weight excluding hydrogens is 274 g/mol. The van der Waals surface area contributed by atoms with Crippen LogP contribution in [0.1, 0.15) is 31.2 Å². The fourth-order valence-electron chi connectivity index (χ4n) is 2.95. The monoisotopic (exact) mass is 297 g/mol. The van der Waals surface area contributed by atoms with Crippen LogP contribution in [-0.4, -0.2) is 36.8 Å². The molecule has 4 heteroatoms. The number of rotatable bonds is 5. The molecule has 0 heterocycles. The van der Waals surface area contributed by atoms with E-state index < -0.39 is 0 Å². The van der Waals surface area contributed by atoms with Crippen molar-refractivity contribution in [3.63, 3.8) is 0 Å². The standard InChI is InChI=1S/C16H24ClNO2/c1-18(14-6-3-12(11-19)4-7-14)10-13-5-8-15(20-2)9-16(13)17/h5,8-9,12,14,19H,3-4,6-7,10-11H2,1-2H3. The van der Waals surface area contributed by atoms with E-state index in [-0.39, 0.29) is 0 Å². The van der Waals surface area contributed by atoms with Crippen LogP contribution in [0.25, 0.3) is 0 Å². The maximum absolute atomic E-state index is 9.19. The smallest absolute Gasteiger partial charge is 0.120 e. The molecule has 0 aliphatic heterocycles. The summed E-state index contributed by atoms with van der Waals surface area (Å²) in [7, 11) is 3.81. The third-order valence-corrected chi connectivity index (χ3v) is 4.73. The molecule has 1 aromatic carbocycles. The Kier molecular flexibility index (Phi) is 5.70. The molecule has 2 rings (SSSR count). The summed E-state index contributed by atoms with van der Waals surface area (Å²) in [5.74, 6) is 1.30. The Morgan fingerprint density at radius 1 is 1.30 bits per heavy atom. The van der Waals surface area contributed by atoms with Crippen molar-refractivity contribution in [3.05, 3.63) is 28.8 Å². The average molecular weight is 298 g/mol. The molecule has 1 N–H and O–H groups in total. The molecule has 0 saturated heterocycles. The van der Waals surface area contributed by atoms with E-state index in [4.69, 9.17) is 16.3 Å². The second-order valence-corrected chi connectivity index (χ2v) is 6.14. The number of ether oxygens (including phenoxy) is 1. The first-order valence-electron chi connectivity index (χ1n) is 7.27. The molecule has 112 valence electrons. The lowest BCUT2D eigenvalue weighted by Gasteiger charge is -2.34. The fourth-order valence-corrected chi connectivity index (χ4v) is 3.18. The minimum Gasteiger partial charge on any atom is -0.497 e. The lowest BCUT2D eigenvalue weighted by atomic mass is 9.86. The molecule has 20 heavy (non-hydrogen) atoms. The van der Waals surface area contributed by atoms with Crippen molar-refractivity contribution in [2.45, 2.75) is 38.3 Å². The first-order chi connectivity index (χ1) is 9.63. The summed E-state index contributed by atoms with van der Waals surface area (Å²) in [4.78, 5) is 2.38. The van der Waals surface area contributed by atoms with Crippen molar-refractivity contribution in [1.29, 1.82) is 0 Å². The van der Waals surface area contributed by atoms with Crippen molar-refractivity contribution in [3.8, 4) is 5.75 Å². The number of methoxy groups -OCH3 is 1. The molecule has 1 fully saturated rings. The Bertz CT molecular complexity index is 430. The van der Waals surface area contributed by atoms with Crippen molar-refractivity contribution >= 4 is 11.6 Å². The van der Waals surface area contributed by atoms with Gasteiger partial charge in [0.1, 0.15) is 5.75 Å². The van der Waals surface area contributed by atoms with Crippen molar-refractivity contribution < 1.29 is 9.84 Å². The van der Waals surface area contributed by atoms with E-state index >= 15 is 0 Å². The van der Waals surface area contributed by atoms with Gasteiger partial charge in [0.15, 0.2) is 0 Å². The molecular formula is C16H24ClNO2. The number of aliphatic hydroxyl groups excluding tert-OH is 1. The Hall–Kier alpha value is -0.770. The van der Waals surface area contributed by atoms with Gasteiger partial charge in [-0.15, -0.1) is 0 Å². The second-order valence-electron chi connectivity index (χ2n) is 5.73. The van der Waals surface area contributed by atoms with E-state index in [9.17, 15) is 5.11 Å². The Morgan fingerprint density at radius 3 is 2.55 bits per heavy atom. The molecule has 0 bridgehead atoms. The topological polar surface area (TPSA) is 32.7 Å². The highest BCUT2D eigenvalue weighted by atomic mass is 35.5. The summed E-state index contributed by atoms with van der Waals surface area (Å²) in [6.45, 7) is 1.19. The Morgan fingerprint density at radius 2 is 2.00 bits per heavy atom. The maximum Gasteiger partial charge on any atom is 0.120 e. The highest BCUT2D eigenvalue weighted by molar-refractivity contribution is 6.31. The number of benzene rings is 1. The summed E-state index contributed by atoms with van der Waals surface area (Å²) in [6.07, 6.45) is 4.58. The van der Waals surface area contributed by atoms with E-state index in [2.05, 4.69) is 11.9 Å². The minimum absolute atomic E-state index is 0.334. The number of hydrogen-bond donors (Lipinski definition) is 1. The van der Waals surface area contributed by atoms with Crippen LogP contribution in [0.5, 0.6) is 5.75 Å². The Balaban J connectivity index is 1.93. The van der Waals surface area contributed by atoms with Gasteiger partial charge in [0.25, 0.3) is 0 Å². The predicted molar refractivity (Wildman–Crippen MR) is 82.3 cm³/mol. The van der Waals surface area contributed by atoms with E-state index in [1.165, 1.54) is 0 Å². The van der Waals surface area contributed by atoms with Gasteiger partial charge in [-0.2, -0.15) is 0 Å². The van der Waals surface area contributed by atoms with Gasteiger partial charge in [-0.3, -0.25) is 4.90 Å². The van der Waals surface area contributed by atoms with Gasteiger partial charge in [0, 0.05) is 24.2 Å². The number of aliphatic hydroxyl groups is 1. The summed E-state index contributed by atoms with van der Waals surface area (Å²) in [5.41, 5.74) is 1.14. The zero-order valence-electron chi connectivity index (χ0n) is 12.3. The summed E-state index contributed by atoms with van der Waals surface area (Å²) in [5, 5.41) is 9.96. The van der Waals surface area contributed by atoms with Gasteiger partial charge in [-0.1, -0.05) is 17.7 Å². The molecule has 0 amide bonds. The third-order valence-electron chi connectivity index (χ3n) is 4.38. The number of hydrogen-bond acceptors (Lipinski definition) is 3.